The maximum absolute atomic E-state index is 13.3. The summed E-state index contributed by atoms with van der Waals surface area (Å²) in [5, 5.41) is 27.8. The fourth-order valence-corrected chi connectivity index (χ4v) is 4.88. The number of benzene rings is 1. The summed E-state index contributed by atoms with van der Waals surface area (Å²) in [7, 11) is 0. The average molecular weight is 345 g/mol. The van der Waals surface area contributed by atoms with Gasteiger partial charge in [-0.3, -0.25) is 9.59 Å². The Hall–Kier alpha value is -1.71. The SMILES string of the molecule is N[C@]1(C(=O)O)[C@@H]2[C@@H](C(=O)O)[C@@H]2[C@H](O)[C@H]1Sc1ccc(F)c(F)c1. The highest BCUT2D eigenvalue weighted by atomic mass is 32.2. The van der Waals surface area contributed by atoms with Gasteiger partial charge >= 0.3 is 11.9 Å². The summed E-state index contributed by atoms with van der Waals surface area (Å²) >= 11 is 0.810. The first-order chi connectivity index (χ1) is 10.7. The number of nitrogens with two attached hydrogens (primary N) is 1. The molecule has 2 saturated carbocycles. The van der Waals surface area contributed by atoms with Crippen LogP contribution < -0.4 is 5.73 Å². The second-order valence-corrected chi connectivity index (χ2v) is 7.03. The molecule has 0 saturated heterocycles. The van der Waals surface area contributed by atoms with Gasteiger partial charge in [0.2, 0.25) is 0 Å². The molecule has 0 radical (unpaired) electrons. The number of carboxylic acids is 2. The van der Waals surface area contributed by atoms with E-state index in [1.165, 1.54) is 6.07 Å². The quantitative estimate of drug-likeness (QED) is 0.628. The molecule has 3 rings (SSSR count). The third-order valence-corrected chi connectivity index (χ3v) is 6.06. The Morgan fingerprint density at radius 2 is 1.87 bits per heavy atom. The monoisotopic (exact) mass is 345 g/mol. The zero-order chi connectivity index (χ0) is 17.1. The minimum atomic E-state index is -1.96. The molecule has 6 atom stereocenters. The van der Waals surface area contributed by atoms with Gasteiger partial charge in [0.25, 0.3) is 0 Å². The zero-order valence-corrected chi connectivity index (χ0v) is 12.3. The van der Waals surface area contributed by atoms with Crippen LogP contribution in [0.5, 0.6) is 0 Å². The second kappa shape index (κ2) is 5.15. The molecule has 0 amide bonds. The van der Waals surface area contributed by atoms with Crippen molar-refractivity contribution in [3.63, 3.8) is 0 Å². The molecule has 5 N–H and O–H groups in total. The molecule has 2 fully saturated rings. The van der Waals surface area contributed by atoms with Gasteiger partial charge < -0.3 is 21.1 Å². The van der Waals surface area contributed by atoms with Crippen LogP contribution in [0.3, 0.4) is 0 Å². The van der Waals surface area contributed by atoms with E-state index in [9.17, 15) is 28.6 Å². The number of thioether (sulfide) groups is 1. The summed E-state index contributed by atoms with van der Waals surface area (Å²) in [4.78, 5) is 22.9. The maximum atomic E-state index is 13.3. The van der Waals surface area contributed by atoms with E-state index in [1.54, 1.807) is 0 Å². The van der Waals surface area contributed by atoms with Crippen LogP contribution in [-0.4, -0.2) is 44.2 Å². The first-order valence-electron chi connectivity index (χ1n) is 6.74. The van der Waals surface area contributed by atoms with Crippen LogP contribution in [0.4, 0.5) is 8.78 Å². The number of aliphatic hydroxyl groups is 1. The highest BCUT2D eigenvalue weighted by Gasteiger charge is 2.78. The Balaban J connectivity index is 1.91. The Morgan fingerprint density at radius 1 is 1.22 bits per heavy atom. The molecule has 0 bridgehead atoms. The molecule has 0 aliphatic heterocycles. The summed E-state index contributed by atoms with van der Waals surface area (Å²) in [6.45, 7) is 0. The molecule has 2 aliphatic rings. The lowest BCUT2D eigenvalue weighted by Gasteiger charge is -2.32. The number of carboxylic acid groups (broad SMARTS) is 2. The third-order valence-electron chi connectivity index (χ3n) is 4.61. The minimum Gasteiger partial charge on any atom is -0.481 e. The highest BCUT2D eigenvalue weighted by Crippen LogP contribution is 2.64. The Kier molecular flexibility index (Phi) is 3.62. The summed E-state index contributed by atoms with van der Waals surface area (Å²) in [5.41, 5.74) is 4.00. The lowest BCUT2D eigenvalue weighted by atomic mass is 9.90. The van der Waals surface area contributed by atoms with Crippen molar-refractivity contribution in [2.75, 3.05) is 0 Å². The molecular formula is C14H13F2NO5S. The zero-order valence-electron chi connectivity index (χ0n) is 11.5. The van der Waals surface area contributed by atoms with Gasteiger partial charge in [0.15, 0.2) is 11.6 Å². The standard InChI is InChI=1S/C14H13F2NO5S/c15-5-2-1-4(3-6(5)16)23-11-10(18)7-8(12(19)20)9(7)14(11,17)13(21)22/h1-3,7-11,18H,17H2,(H,19,20)(H,21,22)/t7-,8-,9-,10-,11+,14+/m0/s1. The molecule has 1 aromatic carbocycles. The van der Waals surface area contributed by atoms with E-state index < -0.39 is 58.2 Å². The van der Waals surface area contributed by atoms with Crippen LogP contribution >= 0.6 is 11.8 Å². The average Bonchev–Trinajstić information content (AvgIpc) is 3.18. The smallest absolute Gasteiger partial charge is 0.325 e. The largest absolute Gasteiger partial charge is 0.481 e. The van der Waals surface area contributed by atoms with E-state index in [0.717, 1.165) is 23.9 Å². The number of carbonyl (C=O) groups is 2. The number of aliphatic carboxylic acids is 2. The van der Waals surface area contributed by atoms with Crippen LogP contribution in [0.2, 0.25) is 0 Å². The first kappa shape index (κ1) is 16.2. The summed E-state index contributed by atoms with van der Waals surface area (Å²) in [5.74, 6) is -7.43. The van der Waals surface area contributed by atoms with Crippen LogP contribution in [0.25, 0.3) is 0 Å². The second-order valence-electron chi connectivity index (χ2n) is 5.81. The summed E-state index contributed by atoms with van der Waals surface area (Å²) in [6, 6.07) is 3.02. The molecule has 9 heteroatoms. The number of fused-ring (bicyclic) bond motifs is 1. The Bertz CT molecular complexity index is 702. The van der Waals surface area contributed by atoms with Crippen molar-refractivity contribution in [3.05, 3.63) is 29.8 Å². The predicted octanol–water partition coefficient (Wildman–Crippen LogP) is 0.529. The molecule has 0 heterocycles. The van der Waals surface area contributed by atoms with Crippen molar-refractivity contribution < 1.29 is 33.7 Å². The van der Waals surface area contributed by atoms with Crippen molar-refractivity contribution in [2.24, 2.45) is 23.5 Å². The van der Waals surface area contributed by atoms with Gasteiger partial charge in [0.05, 0.1) is 17.3 Å². The molecular weight excluding hydrogens is 332 g/mol. The summed E-state index contributed by atoms with van der Waals surface area (Å²) in [6.07, 6.45) is -1.26. The summed E-state index contributed by atoms with van der Waals surface area (Å²) < 4.78 is 26.2. The lowest BCUT2D eigenvalue weighted by molar-refractivity contribution is -0.145. The van der Waals surface area contributed by atoms with E-state index in [4.69, 9.17) is 10.8 Å². The van der Waals surface area contributed by atoms with Crippen LogP contribution in [-0.2, 0) is 9.59 Å². The number of rotatable bonds is 4. The molecule has 2 aliphatic carbocycles. The molecule has 124 valence electrons. The van der Waals surface area contributed by atoms with Gasteiger partial charge in [0.1, 0.15) is 5.54 Å². The van der Waals surface area contributed by atoms with Crippen LogP contribution in [0, 0.1) is 29.4 Å². The molecule has 0 aromatic heterocycles. The topological polar surface area (TPSA) is 121 Å². The first-order valence-corrected chi connectivity index (χ1v) is 7.62. The number of hydrogen-bond donors (Lipinski definition) is 4. The van der Waals surface area contributed by atoms with Gasteiger partial charge in [-0.1, -0.05) is 0 Å². The van der Waals surface area contributed by atoms with E-state index in [0.29, 0.717) is 0 Å². The van der Waals surface area contributed by atoms with Gasteiger partial charge in [-0.25, -0.2) is 8.78 Å². The molecule has 23 heavy (non-hydrogen) atoms. The van der Waals surface area contributed by atoms with Gasteiger partial charge in [-0.2, -0.15) is 0 Å². The van der Waals surface area contributed by atoms with Crippen molar-refractivity contribution >= 4 is 23.7 Å². The van der Waals surface area contributed by atoms with Crippen molar-refractivity contribution in [3.8, 4) is 0 Å². The van der Waals surface area contributed by atoms with Gasteiger partial charge in [-0.15, -0.1) is 11.8 Å². The number of hydrogen-bond acceptors (Lipinski definition) is 5. The maximum Gasteiger partial charge on any atom is 0.325 e. The van der Waals surface area contributed by atoms with Gasteiger partial charge in [0, 0.05) is 16.7 Å². The van der Waals surface area contributed by atoms with Crippen molar-refractivity contribution in [2.45, 2.75) is 21.8 Å². The van der Waals surface area contributed by atoms with E-state index in [-0.39, 0.29) is 4.90 Å². The molecule has 0 unspecified atom stereocenters. The number of aliphatic hydroxyl groups excluding tert-OH is 1. The van der Waals surface area contributed by atoms with Crippen LogP contribution in [0.15, 0.2) is 23.1 Å². The highest BCUT2D eigenvalue weighted by molar-refractivity contribution is 8.00. The van der Waals surface area contributed by atoms with Gasteiger partial charge in [-0.05, 0) is 18.2 Å². The van der Waals surface area contributed by atoms with E-state index >= 15 is 0 Å². The lowest BCUT2D eigenvalue weighted by Crippen LogP contribution is -2.59. The predicted molar refractivity (Wildman–Crippen MR) is 74.7 cm³/mol. The Labute approximate surface area is 133 Å². The molecule has 1 aromatic rings. The third kappa shape index (κ3) is 2.22. The normalized spacial score (nSPS) is 38.2. The van der Waals surface area contributed by atoms with Crippen LogP contribution in [0.1, 0.15) is 0 Å². The van der Waals surface area contributed by atoms with Crippen molar-refractivity contribution in [1.29, 1.82) is 0 Å². The molecule has 6 nitrogen and oxygen atoms in total. The fourth-order valence-electron chi connectivity index (χ4n) is 3.50. The van der Waals surface area contributed by atoms with Crippen molar-refractivity contribution in [1.82, 2.24) is 0 Å². The number of halogens is 2. The minimum absolute atomic E-state index is 0.206. The Morgan fingerprint density at radius 3 is 2.39 bits per heavy atom. The molecule has 0 spiro atoms. The fraction of sp³-hybridized carbons (Fsp3) is 0.429. The van der Waals surface area contributed by atoms with E-state index in [2.05, 4.69) is 0 Å². The van der Waals surface area contributed by atoms with E-state index in [1.807, 2.05) is 0 Å².